The molecule has 1 unspecified atom stereocenters. The van der Waals surface area contributed by atoms with Crippen molar-refractivity contribution in [1.82, 2.24) is 4.31 Å². The van der Waals surface area contributed by atoms with Gasteiger partial charge in [-0.2, -0.15) is 0 Å². The molecule has 1 amide bonds. The Morgan fingerprint density at radius 2 is 2.00 bits per heavy atom. The van der Waals surface area contributed by atoms with Crippen LogP contribution in [0.4, 0.5) is 5.69 Å². The predicted octanol–water partition coefficient (Wildman–Crippen LogP) is 1.61. The lowest BCUT2D eigenvalue weighted by atomic mass is 10.0. The summed E-state index contributed by atoms with van der Waals surface area (Å²) in [5, 5.41) is 2.84. The lowest BCUT2D eigenvalue weighted by Crippen LogP contribution is -2.28. The van der Waals surface area contributed by atoms with Gasteiger partial charge in [0.05, 0.1) is 6.26 Å². The summed E-state index contributed by atoms with van der Waals surface area (Å²) < 4.78 is 24.3. The number of carbonyl (C=O) groups excluding carboxylic acids is 1. The van der Waals surface area contributed by atoms with Crippen molar-refractivity contribution in [2.45, 2.75) is 19.8 Å². The molecule has 1 heterocycles. The SMILES string of the molecule is Cc1ccc(NC(=O)CC2CCN(S(C)(=O)=O)C2)cc1. The molecule has 0 saturated carbocycles. The third-order valence-electron chi connectivity index (χ3n) is 3.53. The molecule has 6 heteroatoms. The number of aryl methyl sites for hydroxylation is 1. The van der Waals surface area contributed by atoms with Gasteiger partial charge in [-0.25, -0.2) is 12.7 Å². The number of nitrogens with one attached hydrogen (secondary N) is 1. The van der Waals surface area contributed by atoms with E-state index in [-0.39, 0.29) is 11.8 Å². The van der Waals surface area contributed by atoms with Crippen LogP contribution < -0.4 is 5.32 Å². The summed E-state index contributed by atoms with van der Waals surface area (Å²) >= 11 is 0. The molecule has 110 valence electrons. The van der Waals surface area contributed by atoms with E-state index in [1.54, 1.807) is 0 Å². The van der Waals surface area contributed by atoms with Crippen LogP contribution in [0.15, 0.2) is 24.3 Å². The number of hydrogen-bond acceptors (Lipinski definition) is 3. The molecule has 1 saturated heterocycles. The van der Waals surface area contributed by atoms with E-state index in [2.05, 4.69) is 5.32 Å². The molecule has 1 atom stereocenters. The molecule has 1 aliphatic heterocycles. The Kier molecular flexibility index (Phi) is 4.45. The quantitative estimate of drug-likeness (QED) is 0.918. The second kappa shape index (κ2) is 5.93. The van der Waals surface area contributed by atoms with Gasteiger partial charge in [-0.3, -0.25) is 4.79 Å². The summed E-state index contributed by atoms with van der Waals surface area (Å²) in [7, 11) is -3.13. The van der Waals surface area contributed by atoms with E-state index in [4.69, 9.17) is 0 Å². The van der Waals surface area contributed by atoms with Gasteiger partial charge in [0, 0.05) is 25.2 Å². The Hall–Kier alpha value is -1.40. The van der Waals surface area contributed by atoms with E-state index < -0.39 is 10.0 Å². The highest BCUT2D eigenvalue weighted by molar-refractivity contribution is 7.88. The number of sulfonamides is 1. The van der Waals surface area contributed by atoms with Crippen LogP contribution in [-0.4, -0.2) is 38.0 Å². The lowest BCUT2D eigenvalue weighted by molar-refractivity contribution is -0.117. The van der Waals surface area contributed by atoms with Crippen LogP contribution in [0.25, 0.3) is 0 Å². The zero-order chi connectivity index (χ0) is 14.8. The fourth-order valence-corrected chi connectivity index (χ4v) is 3.29. The van der Waals surface area contributed by atoms with Gasteiger partial charge in [0.2, 0.25) is 15.9 Å². The molecular weight excluding hydrogens is 276 g/mol. The van der Waals surface area contributed by atoms with Gasteiger partial charge in [0.25, 0.3) is 0 Å². The Bertz CT molecular complexity index is 581. The first-order valence-corrected chi connectivity index (χ1v) is 8.51. The molecule has 0 aliphatic carbocycles. The Morgan fingerprint density at radius 3 is 2.55 bits per heavy atom. The number of nitrogens with zero attached hydrogens (tertiary/aromatic N) is 1. The van der Waals surface area contributed by atoms with Gasteiger partial charge in [-0.05, 0) is 31.4 Å². The number of anilines is 1. The van der Waals surface area contributed by atoms with Crippen molar-refractivity contribution in [1.29, 1.82) is 0 Å². The van der Waals surface area contributed by atoms with Crippen molar-refractivity contribution in [3.8, 4) is 0 Å². The molecule has 1 fully saturated rings. The maximum atomic E-state index is 11.9. The first-order chi connectivity index (χ1) is 9.34. The van der Waals surface area contributed by atoms with Crippen LogP contribution in [0.5, 0.6) is 0 Å². The number of amides is 1. The molecule has 0 spiro atoms. The number of benzene rings is 1. The highest BCUT2D eigenvalue weighted by atomic mass is 32.2. The van der Waals surface area contributed by atoms with Crippen LogP contribution in [-0.2, 0) is 14.8 Å². The molecular formula is C14H20N2O3S. The van der Waals surface area contributed by atoms with Crippen LogP contribution in [0.2, 0.25) is 0 Å². The molecule has 1 aromatic rings. The van der Waals surface area contributed by atoms with Crippen molar-refractivity contribution in [2.24, 2.45) is 5.92 Å². The Balaban J connectivity index is 1.85. The summed E-state index contributed by atoms with van der Waals surface area (Å²) in [6, 6.07) is 7.61. The minimum absolute atomic E-state index is 0.0609. The number of hydrogen-bond donors (Lipinski definition) is 1. The maximum Gasteiger partial charge on any atom is 0.224 e. The smallest absolute Gasteiger partial charge is 0.224 e. The van der Waals surface area contributed by atoms with Crippen LogP contribution in [0.1, 0.15) is 18.4 Å². The van der Waals surface area contributed by atoms with Gasteiger partial charge in [-0.15, -0.1) is 0 Å². The summed E-state index contributed by atoms with van der Waals surface area (Å²) in [6.45, 7) is 2.95. The number of rotatable bonds is 4. The van der Waals surface area contributed by atoms with Crippen molar-refractivity contribution < 1.29 is 13.2 Å². The topological polar surface area (TPSA) is 66.5 Å². The minimum Gasteiger partial charge on any atom is -0.326 e. The van der Waals surface area contributed by atoms with Gasteiger partial charge < -0.3 is 5.32 Å². The van der Waals surface area contributed by atoms with E-state index in [1.807, 2.05) is 31.2 Å². The van der Waals surface area contributed by atoms with Crippen molar-refractivity contribution >= 4 is 21.6 Å². The highest BCUT2D eigenvalue weighted by Gasteiger charge is 2.29. The summed E-state index contributed by atoms with van der Waals surface area (Å²) in [5.41, 5.74) is 1.92. The monoisotopic (exact) mass is 296 g/mol. The second-order valence-corrected chi connectivity index (χ2v) is 7.38. The van der Waals surface area contributed by atoms with Crippen LogP contribution in [0.3, 0.4) is 0 Å². The van der Waals surface area contributed by atoms with Crippen molar-refractivity contribution in [3.63, 3.8) is 0 Å². The summed E-state index contributed by atoms with van der Waals surface area (Å²) in [6.07, 6.45) is 2.32. The first kappa shape index (κ1) is 15.0. The van der Waals surface area contributed by atoms with E-state index >= 15 is 0 Å². The van der Waals surface area contributed by atoms with Gasteiger partial charge in [0.15, 0.2) is 0 Å². The average Bonchev–Trinajstić information content (AvgIpc) is 2.80. The molecule has 20 heavy (non-hydrogen) atoms. The molecule has 0 bridgehead atoms. The van der Waals surface area contributed by atoms with E-state index in [9.17, 15) is 13.2 Å². The zero-order valence-electron chi connectivity index (χ0n) is 11.8. The molecule has 5 nitrogen and oxygen atoms in total. The molecule has 0 radical (unpaired) electrons. The standard InChI is InChI=1S/C14H20N2O3S/c1-11-3-5-13(6-4-11)15-14(17)9-12-7-8-16(10-12)20(2,18)19/h3-6,12H,7-10H2,1-2H3,(H,15,17). The zero-order valence-corrected chi connectivity index (χ0v) is 12.6. The van der Waals surface area contributed by atoms with E-state index in [0.29, 0.717) is 19.5 Å². The van der Waals surface area contributed by atoms with E-state index in [1.165, 1.54) is 10.6 Å². The molecule has 1 aromatic carbocycles. The average molecular weight is 296 g/mol. The largest absolute Gasteiger partial charge is 0.326 e. The van der Waals surface area contributed by atoms with Crippen LogP contribution >= 0.6 is 0 Å². The molecule has 1 N–H and O–H groups in total. The minimum atomic E-state index is -3.13. The Labute approximate surface area is 120 Å². The van der Waals surface area contributed by atoms with Gasteiger partial charge in [-0.1, -0.05) is 17.7 Å². The first-order valence-electron chi connectivity index (χ1n) is 6.66. The van der Waals surface area contributed by atoms with Gasteiger partial charge >= 0.3 is 0 Å². The molecule has 1 aliphatic rings. The highest BCUT2D eigenvalue weighted by Crippen LogP contribution is 2.22. The fourth-order valence-electron chi connectivity index (χ4n) is 2.38. The maximum absolute atomic E-state index is 11.9. The molecule has 2 rings (SSSR count). The fraction of sp³-hybridized carbons (Fsp3) is 0.500. The third-order valence-corrected chi connectivity index (χ3v) is 4.80. The van der Waals surface area contributed by atoms with Crippen molar-refractivity contribution in [2.75, 3.05) is 24.7 Å². The third kappa shape index (κ3) is 4.05. The summed E-state index contributed by atoms with van der Waals surface area (Å²) in [4.78, 5) is 11.9. The normalized spacial score (nSPS) is 20.0. The molecule has 0 aromatic heterocycles. The number of carbonyl (C=O) groups is 1. The van der Waals surface area contributed by atoms with Crippen molar-refractivity contribution in [3.05, 3.63) is 29.8 Å². The van der Waals surface area contributed by atoms with Crippen LogP contribution in [0, 0.1) is 12.8 Å². The van der Waals surface area contributed by atoms with Gasteiger partial charge in [0.1, 0.15) is 0 Å². The lowest BCUT2D eigenvalue weighted by Gasteiger charge is -2.13. The second-order valence-electron chi connectivity index (χ2n) is 5.39. The summed E-state index contributed by atoms with van der Waals surface area (Å²) in [5.74, 6) is 0.0457. The predicted molar refractivity (Wildman–Crippen MR) is 78.9 cm³/mol. The Morgan fingerprint density at radius 1 is 1.35 bits per heavy atom. The van der Waals surface area contributed by atoms with E-state index in [0.717, 1.165) is 17.7 Å².